The van der Waals surface area contributed by atoms with E-state index < -0.39 is 5.60 Å². The minimum absolute atomic E-state index is 0.117. The molecule has 0 aliphatic carbocycles. The van der Waals surface area contributed by atoms with Gasteiger partial charge in [-0.3, -0.25) is 0 Å². The number of para-hydroxylation sites is 2. The van der Waals surface area contributed by atoms with E-state index in [1.165, 1.54) is 18.5 Å². The first-order chi connectivity index (χ1) is 10.8. The Labute approximate surface area is 139 Å². The van der Waals surface area contributed by atoms with Gasteiger partial charge < -0.3 is 20.3 Å². The zero-order valence-electron chi connectivity index (χ0n) is 14.7. The van der Waals surface area contributed by atoms with Crippen LogP contribution in [0, 0.1) is 0 Å². The molecule has 0 radical (unpaired) electrons. The molecular weight excluding hydrogens is 290 g/mol. The first-order valence-corrected chi connectivity index (χ1v) is 8.42. The normalized spacial score (nSPS) is 16.1. The lowest BCUT2D eigenvalue weighted by Gasteiger charge is -2.25. The molecule has 1 heterocycles. The number of hydrogen-bond donors (Lipinski definition) is 2. The number of hydrogen-bond acceptors (Lipinski definition) is 4. The number of anilines is 2. The number of alkyl carbamates (subject to hydrolysis) is 1. The van der Waals surface area contributed by atoms with E-state index in [2.05, 4.69) is 40.7 Å². The molecule has 1 aromatic carbocycles. The maximum absolute atomic E-state index is 11.7. The first kappa shape index (κ1) is 17.4. The topological polar surface area (TPSA) is 53.6 Å². The highest BCUT2D eigenvalue weighted by Crippen LogP contribution is 2.28. The van der Waals surface area contributed by atoms with Crippen molar-refractivity contribution in [3.05, 3.63) is 24.3 Å². The highest BCUT2D eigenvalue weighted by atomic mass is 16.6. The Hall–Kier alpha value is -1.91. The summed E-state index contributed by atoms with van der Waals surface area (Å²) in [6.45, 7) is 10.4. The van der Waals surface area contributed by atoms with Crippen LogP contribution in [0.5, 0.6) is 0 Å². The van der Waals surface area contributed by atoms with E-state index in [4.69, 9.17) is 4.74 Å². The molecule has 1 atom stereocenters. The molecule has 5 nitrogen and oxygen atoms in total. The predicted octanol–water partition coefficient (Wildman–Crippen LogP) is 3.61. The second-order valence-corrected chi connectivity index (χ2v) is 7.14. The number of carbonyl (C=O) groups is 1. The molecule has 1 aliphatic heterocycles. The van der Waals surface area contributed by atoms with Gasteiger partial charge in [0, 0.05) is 25.7 Å². The Morgan fingerprint density at radius 2 is 1.91 bits per heavy atom. The highest BCUT2D eigenvalue weighted by molar-refractivity contribution is 5.71. The summed E-state index contributed by atoms with van der Waals surface area (Å²) >= 11 is 0. The van der Waals surface area contributed by atoms with Gasteiger partial charge in [0.1, 0.15) is 5.60 Å². The third-order valence-corrected chi connectivity index (χ3v) is 3.70. The van der Waals surface area contributed by atoms with Crippen LogP contribution in [0.4, 0.5) is 16.2 Å². The highest BCUT2D eigenvalue weighted by Gasteiger charge is 2.18. The average molecular weight is 319 g/mol. The van der Waals surface area contributed by atoms with E-state index in [0.717, 1.165) is 18.8 Å². The van der Waals surface area contributed by atoms with Gasteiger partial charge in [-0.2, -0.15) is 0 Å². The van der Waals surface area contributed by atoms with Crippen LogP contribution in [0.15, 0.2) is 24.3 Å². The lowest BCUT2D eigenvalue weighted by molar-refractivity contribution is 0.0526. The van der Waals surface area contributed by atoms with Gasteiger partial charge >= 0.3 is 6.09 Å². The summed E-state index contributed by atoms with van der Waals surface area (Å²) in [7, 11) is 0. The van der Waals surface area contributed by atoms with Crippen LogP contribution in [-0.4, -0.2) is 37.4 Å². The van der Waals surface area contributed by atoms with Crippen molar-refractivity contribution in [3.63, 3.8) is 0 Å². The van der Waals surface area contributed by atoms with Gasteiger partial charge in [-0.25, -0.2) is 4.79 Å². The molecule has 1 saturated heterocycles. The fraction of sp³-hybridized carbons (Fsp3) is 0.611. The van der Waals surface area contributed by atoms with Crippen molar-refractivity contribution in [2.24, 2.45) is 0 Å². The number of carbonyl (C=O) groups excluding carboxylic acids is 1. The van der Waals surface area contributed by atoms with Crippen LogP contribution in [0.3, 0.4) is 0 Å². The van der Waals surface area contributed by atoms with Crippen molar-refractivity contribution in [2.45, 2.75) is 52.2 Å². The summed E-state index contributed by atoms with van der Waals surface area (Å²) in [5.41, 5.74) is 1.89. The first-order valence-electron chi connectivity index (χ1n) is 8.42. The quantitative estimate of drug-likeness (QED) is 0.870. The predicted molar refractivity (Wildman–Crippen MR) is 95.2 cm³/mol. The molecule has 23 heavy (non-hydrogen) atoms. The van der Waals surface area contributed by atoms with Gasteiger partial charge in [0.05, 0.1) is 11.4 Å². The summed E-state index contributed by atoms with van der Waals surface area (Å²) in [5.74, 6) is 0. The molecule has 1 unspecified atom stereocenters. The van der Waals surface area contributed by atoms with Crippen molar-refractivity contribution >= 4 is 17.5 Å². The van der Waals surface area contributed by atoms with E-state index in [-0.39, 0.29) is 12.1 Å². The Morgan fingerprint density at radius 3 is 2.57 bits per heavy atom. The molecule has 1 aromatic rings. The molecule has 0 spiro atoms. The van der Waals surface area contributed by atoms with Crippen LogP contribution in [0.2, 0.25) is 0 Å². The maximum Gasteiger partial charge on any atom is 0.407 e. The summed E-state index contributed by atoms with van der Waals surface area (Å²) in [4.78, 5) is 14.1. The number of ether oxygens (including phenoxy) is 1. The fourth-order valence-electron chi connectivity index (χ4n) is 2.70. The smallest absolute Gasteiger partial charge is 0.407 e. The Kier molecular flexibility index (Phi) is 5.74. The second kappa shape index (κ2) is 7.57. The number of rotatable bonds is 5. The van der Waals surface area contributed by atoms with E-state index >= 15 is 0 Å². The van der Waals surface area contributed by atoms with Gasteiger partial charge in [0.25, 0.3) is 0 Å². The van der Waals surface area contributed by atoms with Crippen LogP contribution in [0.1, 0.15) is 40.5 Å². The molecule has 1 amide bonds. The molecule has 0 bridgehead atoms. The fourth-order valence-corrected chi connectivity index (χ4v) is 2.70. The van der Waals surface area contributed by atoms with Crippen molar-refractivity contribution in [1.82, 2.24) is 5.32 Å². The molecule has 5 heteroatoms. The Balaban J connectivity index is 1.88. The second-order valence-electron chi connectivity index (χ2n) is 7.14. The van der Waals surface area contributed by atoms with E-state index in [1.807, 2.05) is 26.8 Å². The van der Waals surface area contributed by atoms with Gasteiger partial charge in [-0.05, 0) is 52.7 Å². The minimum atomic E-state index is -0.469. The monoisotopic (exact) mass is 319 g/mol. The number of nitrogens with one attached hydrogen (secondary N) is 2. The van der Waals surface area contributed by atoms with E-state index in [9.17, 15) is 4.79 Å². The van der Waals surface area contributed by atoms with Gasteiger partial charge in [-0.1, -0.05) is 12.1 Å². The summed E-state index contributed by atoms with van der Waals surface area (Å²) in [6, 6.07) is 8.48. The van der Waals surface area contributed by atoms with Crippen LogP contribution in [-0.2, 0) is 4.74 Å². The number of benzene rings is 1. The van der Waals surface area contributed by atoms with Crippen molar-refractivity contribution in [3.8, 4) is 0 Å². The zero-order chi connectivity index (χ0) is 16.9. The van der Waals surface area contributed by atoms with Crippen LogP contribution >= 0.6 is 0 Å². The lowest BCUT2D eigenvalue weighted by Crippen LogP contribution is -2.38. The molecule has 2 N–H and O–H groups in total. The number of amides is 1. The Morgan fingerprint density at radius 1 is 1.26 bits per heavy atom. The summed E-state index contributed by atoms with van der Waals surface area (Å²) in [6.07, 6.45) is 2.13. The Bertz CT molecular complexity index is 519. The third-order valence-electron chi connectivity index (χ3n) is 3.70. The molecule has 0 aromatic heterocycles. The van der Waals surface area contributed by atoms with Gasteiger partial charge in [-0.15, -0.1) is 0 Å². The molecular formula is C18H29N3O2. The molecule has 1 aliphatic rings. The standard InChI is InChI=1S/C18H29N3O2/c1-14(13-19-17(22)23-18(2,3)4)20-15-9-5-6-10-16(15)21-11-7-8-12-21/h5-6,9-10,14,20H,7-8,11-13H2,1-4H3,(H,19,22). The largest absolute Gasteiger partial charge is 0.444 e. The van der Waals surface area contributed by atoms with Crippen LogP contribution < -0.4 is 15.5 Å². The summed E-state index contributed by atoms with van der Waals surface area (Å²) in [5, 5.41) is 6.30. The van der Waals surface area contributed by atoms with E-state index in [1.54, 1.807) is 0 Å². The molecule has 2 rings (SSSR count). The maximum atomic E-state index is 11.7. The SMILES string of the molecule is CC(CNC(=O)OC(C)(C)C)Nc1ccccc1N1CCCC1. The minimum Gasteiger partial charge on any atom is -0.444 e. The number of nitrogens with zero attached hydrogens (tertiary/aromatic N) is 1. The zero-order valence-corrected chi connectivity index (χ0v) is 14.7. The average Bonchev–Trinajstić information content (AvgIpc) is 2.98. The molecule has 1 fully saturated rings. The molecule has 0 saturated carbocycles. The van der Waals surface area contributed by atoms with Crippen molar-refractivity contribution < 1.29 is 9.53 Å². The van der Waals surface area contributed by atoms with Gasteiger partial charge in [0.2, 0.25) is 0 Å². The van der Waals surface area contributed by atoms with Crippen molar-refractivity contribution in [1.29, 1.82) is 0 Å². The van der Waals surface area contributed by atoms with Crippen molar-refractivity contribution in [2.75, 3.05) is 29.9 Å². The van der Waals surface area contributed by atoms with Gasteiger partial charge in [0.15, 0.2) is 0 Å². The third kappa shape index (κ3) is 5.66. The molecule has 128 valence electrons. The van der Waals surface area contributed by atoms with Crippen LogP contribution in [0.25, 0.3) is 0 Å². The lowest BCUT2D eigenvalue weighted by atomic mass is 10.2. The van der Waals surface area contributed by atoms with E-state index in [0.29, 0.717) is 6.54 Å². The summed E-state index contributed by atoms with van der Waals surface area (Å²) < 4.78 is 5.26.